The summed E-state index contributed by atoms with van der Waals surface area (Å²) in [6.07, 6.45) is 0.934. The summed E-state index contributed by atoms with van der Waals surface area (Å²) >= 11 is 0. The quantitative estimate of drug-likeness (QED) is 0.653. The van der Waals surface area contributed by atoms with Gasteiger partial charge in [0, 0.05) is 13.5 Å². The fourth-order valence-electron chi connectivity index (χ4n) is 1.03. The number of carbonyl (C=O) groups excluding carboxylic acids is 1. The predicted molar refractivity (Wildman–Crippen MR) is 44.2 cm³/mol. The average Bonchev–Trinajstić information content (AvgIpc) is 1.98. The number of hydrogen-bond donors (Lipinski definition) is 1. The molecule has 3 nitrogen and oxygen atoms in total. The summed E-state index contributed by atoms with van der Waals surface area (Å²) in [5.74, 6) is 0.0356. The molecule has 0 aliphatic rings. The van der Waals surface area contributed by atoms with Crippen LogP contribution in [-0.4, -0.2) is 35.1 Å². The van der Waals surface area contributed by atoms with Crippen LogP contribution in [0.2, 0.25) is 0 Å². The molecule has 0 aliphatic carbocycles. The minimum atomic E-state index is -0.0487. The Morgan fingerprint density at radius 2 is 2.18 bits per heavy atom. The average molecular weight is 159 g/mol. The molecule has 0 aromatic heterocycles. The summed E-state index contributed by atoms with van der Waals surface area (Å²) < 4.78 is 0. The van der Waals surface area contributed by atoms with Crippen LogP contribution in [0, 0.1) is 0 Å². The van der Waals surface area contributed by atoms with E-state index in [1.807, 2.05) is 13.8 Å². The Bertz CT molecular complexity index is 125. The van der Waals surface area contributed by atoms with E-state index < -0.39 is 0 Å². The highest BCUT2D eigenvalue weighted by molar-refractivity contribution is 5.73. The third-order valence-corrected chi connectivity index (χ3v) is 1.67. The molecule has 11 heavy (non-hydrogen) atoms. The normalized spacial score (nSPS) is 12.7. The van der Waals surface area contributed by atoms with Gasteiger partial charge in [-0.2, -0.15) is 0 Å². The van der Waals surface area contributed by atoms with Crippen LogP contribution in [0.1, 0.15) is 27.2 Å². The highest BCUT2D eigenvalue weighted by Gasteiger charge is 2.13. The molecule has 0 heterocycles. The third-order valence-electron chi connectivity index (χ3n) is 1.67. The molecule has 0 fully saturated rings. The summed E-state index contributed by atoms with van der Waals surface area (Å²) in [6, 6.07) is -0.0487. The molecule has 0 bridgehead atoms. The summed E-state index contributed by atoms with van der Waals surface area (Å²) in [7, 11) is 0. The lowest BCUT2D eigenvalue weighted by Gasteiger charge is -2.25. The second kappa shape index (κ2) is 5.13. The molecule has 3 heteroatoms. The number of hydrogen-bond acceptors (Lipinski definition) is 2. The van der Waals surface area contributed by atoms with Gasteiger partial charge in [-0.3, -0.25) is 4.79 Å². The van der Waals surface area contributed by atoms with Crippen LogP contribution < -0.4 is 0 Å². The van der Waals surface area contributed by atoms with Crippen molar-refractivity contribution in [2.75, 3.05) is 13.2 Å². The zero-order valence-electron chi connectivity index (χ0n) is 7.50. The van der Waals surface area contributed by atoms with Crippen molar-refractivity contribution in [3.05, 3.63) is 0 Å². The summed E-state index contributed by atoms with van der Waals surface area (Å²) in [4.78, 5) is 12.6. The summed E-state index contributed by atoms with van der Waals surface area (Å²) in [6.45, 7) is 6.16. The Morgan fingerprint density at radius 3 is 2.45 bits per heavy atom. The number of nitrogens with zero attached hydrogens (tertiary/aromatic N) is 1. The lowest BCUT2D eigenvalue weighted by Crippen LogP contribution is -2.39. The molecular formula is C8H17NO2. The molecule has 0 saturated carbocycles. The molecule has 0 spiro atoms. The van der Waals surface area contributed by atoms with Crippen molar-refractivity contribution in [2.45, 2.75) is 33.2 Å². The first-order chi connectivity index (χ1) is 5.13. The lowest BCUT2D eigenvalue weighted by atomic mass is 10.3. The predicted octanol–water partition coefficient (Wildman–Crippen LogP) is 0.626. The second-order valence-electron chi connectivity index (χ2n) is 2.74. The monoisotopic (exact) mass is 159 g/mol. The van der Waals surface area contributed by atoms with E-state index in [4.69, 9.17) is 5.11 Å². The molecule has 0 aromatic carbocycles. The van der Waals surface area contributed by atoms with E-state index in [9.17, 15) is 4.79 Å². The maximum atomic E-state index is 10.9. The Labute approximate surface area is 68.0 Å². The van der Waals surface area contributed by atoms with Gasteiger partial charge in [0.1, 0.15) is 0 Å². The van der Waals surface area contributed by atoms with Gasteiger partial charge >= 0.3 is 0 Å². The largest absolute Gasteiger partial charge is 0.394 e. The van der Waals surface area contributed by atoms with Crippen molar-refractivity contribution in [3.63, 3.8) is 0 Å². The molecule has 1 amide bonds. The molecule has 1 atom stereocenters. The molecule has 66 valence electrons. The highest BCUT2D eigenvalue weighted by Crippen LogP contribution is 1.99. The van der Waals surface area contributed by atoms with Crippen molar-refractivity contribution < 1.29 is 9.90 Å². The van der Waals surface area contributed by atoms with Crippen molar-refractivity contribution in [2.24, 2.45) is 0 Å². The minimum Gasteiger partial charge on any atom is -0.394 e. The zero-order chi connectivity index (χ0) is 8.85. The Morgan fingerprint density at radius 1 is 1.64 bits per heavy atom. The molecular weight excluding hydrogens is 142 g/mol. The van der Waals surface area contributed by atoms with Crippen molar-refractivity contribution in [3.8, 4) is 0 Å². The molecule has 0 aromatic rings. The van der Waals surface area contributed by atoms with Crippen LogP contribution in [0.15, 0.2) is 0 Å². The van der Waals surface area contributed by atoms with Gasteiger partial charge < -0.3 is 10.0 Å². The first-order valence-electron chi connectivity index (χ1n) is 4.01. The molecule has 1 N–H and O–H groups in total. The fraction of sp³-hybridized carbons (Fsp3) is 0.875. The standard InChI is InChI=1S/C8H17NO2/c1-4-5-9(8(3)11)7(2)6-10/h7,10H,4-6H2,1-3H3/t7-/m1/s1. The van der Waals surface area contributed by atoms with Crippen molar-refractivity contribution in [1.82, 2.24) is 4.90 Å². The van der Waals surface area contributed by atoms with Crippen LogP contribution in [0.4, 0.5) is 0 Å². The Kier molecular flexibility index (Phi) is 4.86. The van der Waals surface area contributed by atoms with Crippen LogP contribution in [0.25, 0.3) is 0 Å². The highest BCUT2D eigenvalue weighted by atomic mass is 16.3. The second-order valence-corrected chi connectivity index (χ2v) is 2.74. The molecule has 0 rings (SSSR count). The van der Waals surface area contributed by atoms with Crippen LogP contribution in [0.5, 0.6) is 0 Å². The van der Waals surface area contributed by atoms with Gasteiger partial charge in [-0.05, 0) is 13.3 Å². The zero-order valence-corrected chi connectivity index (χ0v) is 7.50. The maximum absolute atomic E-state index is 10.9. The number of aliphatic hydroxyl groups excluding tert-OH is 1. The van der Waals surface area contributed by atoms with Crippen LogP contribution in [-0.2, 0) is 4.79 Å². The van der Waals surface area contributed by atoms with Gasteiger partial charge in [-0.15, -0.1) is 0 Å². The fourth-order valence-corrected chi connectivity index (χ4v) is 1.03. The first-order valence-corrected chi connectivity index (χ1v) is 4.01. The maximum Gasteiger partial charge on any atom is 0.219 e. The third kappa shape index (κ3) is 3.37. The van der Waals surface area contributed by atoms with Crippen molar-refractivity contribution >= 4 is 5.91 Å². The summed E-state index contributed by atoms with van der Waals surface area (Å²) in [5, 5.41) is 8.79. The number of aliphatic hydroxyl groups is 1. The SMILES string of the molecule is CCCN(C(C)=O)[C@H](C)CO. The van der Waals surface area contributed by atoms with Gasteiger partial charge in [-0.25, -0.2) is 0 Å². The van der Waals surface area contributed by atoms with Gasteiger partial charge in [0.25, 0.3) is 0 Å². The van der Waals surface area contributed by atoms with E-state index in [0.717, 1.165) is 13.0 Å². The topological polar surface area (TPSA) is 40.5 Å². The van der Waals surface area contributed by atoms with Gasteiger partial charge in [0.05, 0.1) is 12.6 Å². The van der Waals surface area contributed by atoms with E-state index in [1.165, 1.54) is 6.92 Å². The number of amides is 1. The number of rotatable bonds is 4. The van der Waals surface area contributed by atoms with Crippen LogP contribution >= 0.6 is 0 Å². The Hall–Kier alpha value is -0.570. The van der Waals surface area contributed by atoms with Crippen molar-refractivity contribution in [1.29, 1.82) is 0 Å². The van der Waals surface area contributed by atoms with E-state index in [2.05, 4.69) is 0 Å². The van der Waals surface area contributed by atoms with E-state index in [0.29, 0.717) is 0 Å². The molecule has 0 unspecified atom stereocenters. The number of carbonyl (C=O) groups is 1. The molecule has 0 radical (unpaired) electrons. The first kappa shape index (κ1) is 10.4. The summed E-state index contributed by atoms with van der Waals surface area (Å²) in [5.41, 5.74) is 0. The van der Waals surface area contributed by atoms with Crippen LogP contribution in [0.3, 0.4) is 0 Å². The Balaban J connectivity index is 3.97. The molecule has 0 aliphatic heterocycles. The van der Waals surface area contributed by atoms with Gasteiger partial charge in [0.2, 0.25) is 5.91 Å². The lowest BCUT2D eigenvalue weighted by molar-refractivity contribution is -0.131. The minimum absolute atomic E-state index is 0.0356. The molecule has 0 saturated heterocycles. The van der Waals surface area contributed by atoms with E-state index in [1.54, 1.807) is 4.90 Å². The van der Waals surface area contributed by atoms with E-state index in [-0.39, 0.29) is 18.6 Å². The smallest absolute Gasteiger partial charge is 0.219 e. The van der Waals surface area contributed by atoms with E-state index >= 15 is 0 Å². The van der Waals surface area contributed by atoms with Gasteiger partial charge in [-0.1, -0.05) is 6.92 Å². The van der Waals surface area contributed by atoms with Gasteiger partial charge in [0.15, 0.2) is 0 Å².